The molecule has 7 nitrogen and oxygen atoms in total. The fourth-order valence-electron chi connectivity index (χ4n) is 4.34. The second-order valence-corrected chi connectivity index (χ2v) is 8.21. The normalized spacial score (nSPS) is 15.1. The maximum atomic E-state index is 13.3. The molecule has 0 amide bonds. The highest BCUT2D eigenvalue weighted by molar-refractivity contribution is 5.66. The molecule has 0 radical (unpaired) electrons. The average Bonchev–Trinajstić information content (AvgIpc) is 3.34. The molecule has 2 aromatic heterocycles. The van der Waals surface area contributed by atoms with E-state index in [-0.39, 0.29) is 11.9 Å². The van der Waals surface area contributed by atoms with Gasteiger partial charge in [-0.05, 0) is 75.5 Å². The number of pyridine rings is 1. The summed E-state index contributed by atoms with van der Waals surface area (Å²) in [5.74, 6) is 1.37. The molecule has 172 valence electrons. The lowest BCUT2D eigenvalue weighted by Crippen LogP contribution is -2.35. The number of nitrogens with zero attached hydrogens (tertiary/aromatic N) is 6. The molecule has 0 aliphatic carbocycles. The van der Waals surface area contributed by atoms with Gasteiger partial charge in [-0.3, -0.25) is 9.88 Å². The van der Waals surface area contributed by atoms with Crippen molar-refractivity contribution in [2.75, 3.05) is 20.2 Å². The molecule has 0 N–H and O–H groups in total. The van der Waals surface area contributed by atoms with Crippen LogP contribution >= 0.6 is 0 Å². The highest BCUT2D eigenvalue weighted by atomic mass is 19.1. The van der Waals surface area contributed by atoms with Gasteiger partial charge in [0.1, 0.15) is 11.6 Å². The van der Waals surface area contributed by atoms with E-state index in [9.17, 15) is 4.39 Å². The van der Waals surface area contributed by atoms with E-state index in [4.69, 9.17) is 4.74 Å². The molecule has 34 heavy (non-hydrogen) atoms. The lowest BCUT2D eigenvalue weighted by atomic mass is 9.97. The summed E-state index contributed by atoms with van der Waals surface area (Å²) in [6.07, 6.45) is 6.66. The first kappa shape index (κ1) is 21.9. The van der Waals surface area contributed by atoms with Crippen molar-refractivity contribution in [1.29, 1.82) is 0 Å². The standard InChI is InChI=1S/C26H25FN6O/c1-34-24-8-2-19(3-9-24)18-33-26(29-30-31-33)25(22-10-14-28-15-11-22)32-16-12-21(13-17-32)20-4-6-23(27)7-5-20/h2-12,14-15,25H,13,16-18H2,1H3. The first-order chi connectivity index (χ1) is 16.7. The number of aromatic nitrogens is 5. The van der Waals surface area contributed by atoms with Crippen molar-refractivity contribution < 1.29 is 9.13 Å². The van der Waals surface area contributed by atoms with Crippen molar-refractivity contribution in [3.8, 4) is 5.75 Å². The molecule has 2 aromatic carbocycles. The van der Waals surface area contributed by atoms with E-state index in [1.807, 2.05) is 53.2 Å². The molecule has 1 unspecified atom stereocenters. The van der Waals surface area contributed by atoms with Gasteiger partial charge >= 0.3 is 0 Å². The number of hydrogen-bond donors (Lipinski definition) is 0. The van der Waals surface area contributed by atoms with Crippen molar-refractivity contribution >= 4 is 5.57 Å². The predicted octanol–water partition coefficient (Wildman–Crippen LogP) is 4.14. The largest absolute Gasteiger partial charge is 0.497 e. The lowest BCUT2D eigenvalue weighted by Gasteiger charge is -2.33. The van der Waals surface area contributed by atoms with Gasteiger partial charge in [-0.1, -0.05) is 30.3 Å². The average molecular weight is 457 g/mol. The van der Waals surface area contributed by atoms with E-state index < -0.39 is 0 Å². The number of methoxy groups -OCH3 is 1. The Labute approximate surface area is 197 Å². The molecular weight excluding hydrogens is 431 g/mol. The minimum Gasteiger partial charge on any atom is -0.497 e. The highest BCUT2D eigenvalue weighted by Gasteiger charge is 2.29. The molecule has 8 heteroatoms. The smallest absolute Gasteiger partial charge is 0.173 e. The van der Waals surface area contributed by atoms with Gasteiger partial charge in [0.2, 0.25) is 0 Å². The van der Waals surface area contributed by atoms with Gasteiger partial charge in [0.15, 0.2) is 5.82 Å². The number of benzene rings is 2. The summed E-state index contributed by atoms with van der Waals surface area (Å²) < 4.78 is 20.5. The Balaban J connectivity index is 1.43. The van der Waals surface area contributed by atoms with Crippen LogP contribution in [0, 0.1) is 5.82 Å². The van der Waals surface area contributed by atoms with Crippen LogP contribution in [0.2, 0.25) is 0 Å². The van der Waals surface area contributed by atoms with Crippen LogP contribution in [0.25, 0.3) is 5.57 Å². The fraction of sp³-hybridized carbons (Fsp3) is 0.231. The van der Waals surface area contributed by atoms with Gasteiger partial charge in [-0.2, -0.15) is 0 Å². The lowest BCUT2D eigenvalue weighted by molar-refractivity contribution is 0.235. The zero-order valence-corrected chi connectivity index (χ0v) is 18.9. The van der Waals surface area contributed by atoms with Gasteiger partial charge in [-0.15, -0.1) is 5.10 Å². The quantitative estimate of drug-likeness (QED) is 0.416. The van der Waals surface area contributed by atoms with Gasteiger partial charge < -0.3 is 4.74 Å². The van der Waals surface area contributed by atoms with Crippen LogP contribution in [0.1, 0.15) is 35.0 Å². The fourth-order valence-corrected chi connectivity index (χ4v) is 4.34. The molecular formula is C26H25FN6O. The van der Waals surface area contributed by atoms with E-state index in [0.717, 1.165) is 47.8 Å². The Hall–Kier alpha value is -3.91. The molecule has 1 aliphatic heterocycles. The molecule has 4 aromatic rings. The van der Waals surface area contributed by atoms with Crippen molar-refractivity contribution in [3.05, 3.63) is 107 Å². The van der Waals surface area contributed by atoms with Gasteiger partial charge in [0.05, 0.1) is 19.7 Å². The number of rotatable bonds is 7. The second-order valence-electron chi connectivity index (χ2n) is 8.21. The third kappa shape index (κ3) is 4.72. The number of tetrazole rings is 1. The van der Waals surface area contributed by atoms with Crippen LogP contribution in [0.3, 0.4) is 0 Å². The van der Waals surface area contributed by atoms with E-state index >= 15 is 0 Å². The summed E-state index contributed by atoms with van der Waals surface area (Å²) in [5.41, 5.74) is 4.45. The van der Waals surface area contributed by atoms with Gasteiger partial charge in [0.25, 0.3) is 0 Å². The van der Waals surface area contributed by atoms with Crippen LogP contribution in [0.4, 0.5) is 4.39 Å². The number of hydrogen-bond acceptors (Lipinski definition) is 6. The van der Waals surface area contributed by atoms with Gasteiger partial charge in [-0.25, -0.2) is 9.07 Å². The Morgan fingerprint density at radius 1 is 1.00 bits per heavy atom. The molecule has 0 saturated heterocycles. The van der Waals surface area contributed by atoms with Crippen molar-refractivity contribution in [2.24, 2.45) is 0 Å². The topological polar surface area (TPSA) is 69.0 Å². The number of ether oxygens (including phenoxy) is 1. The summed E-state index contributed by atoms with van der Waals surface area (Å²) in [7, 11) is 1.66. The van der Waals surface area contributed by atoms with E-state index in [2.05, 4.69) is 31.5 Å². The first-order valence-electron chi connectivity index (χ1n) is 11.2. The summed E-state index contributed by atoms with van der Waals surface area (Å²) in [4.78, 5) is 6.55. The van der Waals surface area contributed by atoms with Crippen molar-refractivity contribution in [2.45, 2.75) is 19.0 Å². The maximum absolute atomic E-state index is 13.3. The van der Waals surface area contributed by atoms with E-state index in [1.165, 1.54) is 17.7 Å². The molecule has 3 heterocycles. The van der Waals surface area contributed by atoms with Crippen molar-refractivity contribution in [3.63, 3.8) is 0 Å². The van der Waals surface area contributed by atoms with Crippen LogP contribution in [0.15, 0.2) is 79.1 Å². The zero-order chi connectivity index (χ0) is 23.3. The van der Waals surface area contributed by atoms with Gasteiger partial charge in [0, 0.05) is 25.5 Å². The Morgan fingerprint density at radius 3 is 2.44 bits per heavy atom. The monoisotopic (exact) mass is 456 g/mol. The predicted molar refractivity (Wildman–Crippen MR) is 127 cm³/mol. The Kier molecular flexibility index (Phi) is 6.40. The van der Waals surface area contributed by atoms with E-state index in [0.29, 0.717) is 6.54 Å². The van der Waals surface area contributed by atoms with Crippen LogP contribution < -0.4 is 4.74 Å². The molecule has 5 rings (SSSR count). The molecule has 0 spiro atoms. The summed E-state index contributed by atoms with van der Waals surface area (Å²) >= 11 is 0. The van der Waals surface area contributed by atoms with E-state index in [1.54, 1.807) is 19.5 Å². The summed E-state index contributed by atoms with van der Waals surface area (Å²) in [5, 5.41) is 12.7. The van der Waals surface area contributed by atoms with Crippen molar-refractivity contribution in [1.82, 2.24) is 30.1 Å². The number of halogens is 1. The minimum absolute atomic E-state index is 0.123. The molecule has 1 aliphatic rings. The van der Waals surface area contributed by atoms with Crippen LogP contribution in [0.5, 0.6) is 5.75 Å². The third-order valence-corrected chi connectivity index (χ3v) is 6.14. The third-order valence-electron chi connectivity index (χ3n) is 6.14. The Morgan fingerprint density at radius 2 is 1.76 bits per heavy atom. The SMILES string of the molecule is COc1ccc(Cn2nnnc2C(c2ccncc2)N2CC=C(c3ccc(F)cc3)CC2)cc1. The van der Waals surface area contributed by atoms with Crippen LogP contribution in [-0.4, -0.2) is 50.3 Å². The molecule has 1 atom stereocenters. The Bertz CT molecular complexity index is 1250. The highest BCUT2D eigenvalue weighted by Crippen LogP contribution is 2.32. The molecule has 0 fully saturated rings. The molecule has 0 bridgehead atoms. The second kappa shape index (κ2) is 9.93. The zero-order valence-electron chi connectivity index (χ0n) is 18.9. The first-order valence-corrected chi connectivity index (χ1v) is 11.2. The maximum Gasteiger partial charge on any atom is 0.173 e. The van der Waals surface area contributed by atoms with Crippen LogP contribution in [-0.2, 0) is 6.54 Å². The summed E-state index contributed by atoms with van der Waals surface area (Å²) in [6.45, 7) is 2.11. The molecule has 0 saturated carbocycles. The minimum atomic E-state index is -0.219. The summed E-state index contributed by atoms with van der Waals surface area (Å²) in [6, 6.07) is 18.5.